The predicted molar refractivity (Wildman–Crippen MR) is 166 cm³/mol. The maximum atomic E-state index is 4.61. The van der Waals surface area contributed by atoms with E-state index in [0.717, 1.165) is 38.4 Å². The molecule has 2 aromatic carbocycles. The molecule has 0 unspecified atom stereocenters. The number of aromatic nitrogens is 1. The average Bonchev–Trinajstić information content (AvgIpc) is 2.85. The lowest BCUT2D eigenvalue weighted by Gasteiger charge is -2.26. The van der Waals surface area contributed by atoms with E-state index < -0.39 is 0 Å². The molecular weight excluding hydrogens is 464 g/mol. The summed E-state index contributed by atoms with van der Waals surface area (Å²) < 4.78 is 0. The Morgan fingerprint density at radius 1 is 0.711 bits per heavy atom. The standard InChI is InChI=1S/C34H50N4/c1-23(2)29-20-31(24(3)4)34(32(21-29)25(5)6)37-15-17-38(22-30-12-10-11-13-35-30)16-14-36-33-27(8)18-26(7)19-28(33)9/h10-13,18-21,23-25,36-37H,14-17,22H2,1-9H3. The first-order chi connectivity index (χ1) is 18.1. The van der Waals surface area contributed by atoms with Crippen molar-refractivity contribution in [3.63, 3.8) is 0 Å². The van der Waals surface area contributed by atoms with E-state index in [1.54, 1.807) is 0 Å². The van der Waals surface area contributed by atoms with Gasteiger partial charge in [0.15, 0.2) is 0 Å². The van der Waals surface area contributed by atoms with Gasteiger partial charge in [-0.25, -0.2) is 0 Å². The molecule has 1 heterocycles. The Labute approximate surface area is 232 Å². The zero-order valence-electron chi connectivity index (χ0n) is 25.3. The van der Waals surface area contributed by atoms with Crippen LogP contribution in [0.2, 0.25) is 0 Å². The van der Waals surface area contributed by atoms with Gasteiger partial charge in [0.1, 0.15) is 0 Å². The van der Waals surface area contributed by atoms with Crippen molar-refractivity contribution in [2.24, 2.45) is 0 Å². The van der Waals surface area contributed by atoms with Crippen LogP contribution in [-0.2, 0) is 6.54 Å². The second-order valence-electron chi connectivity index (χ2n) is 11.8. The van der Waals surface area contributed by atoms with Crippen LogP contribution in [0, 0.1) is 20.8 Å². The third-order valence-electron chi connectivity index (χ3n) is 7.38. The Balaban J connectivity index is 1.74. The number of nitrogens with zero attached hydrogens (tertiary/aromatic N) is 2. The Bertz CT molecular complexity index is 1110. The molecule has 38 heavy (non-hydrogen) atoms. The first-order valence-corrected chi connectivity index (χ1v) is 14.4. The second-order valence-corrected chi connectivity index (χ2v) is 11.8. The van der Waals surface area contributed by atoms with Crippen LogP contribution >= 0.6 is 0 Å². The molecule has 206 valence electrons. The summed E-state index contributed by atoms with van der Waals surface area (Å²) >= 11 is 0. The smallest absolute Gasteiger partial charge is 0.0543 e. The molecule has 3 aromatic rings. The predicted octanol–water partition coefficient (Wildman–Crippen LogP) is 8.40. The Kier molecular flexibility index (Phi) is 10.8. The van der Waals surface area contributed by atoms with Gasteiger partial charge in [0.05, 0.1) is 5.69 Å². The van der Waals surface area contributed by atoms with Gasteiger partial charge in [-0.1, -0.05) is 77.4 Å². The number of benzene rings is 2. The Hall–Kier alpha value is -2.85. The summed E-state index contributed by atoms with van der Waals surface area (Å²) in [6.45, 7) is 24.9. The minimum Gasteiger partial charge on any atom is -0.383 e. The van der Waals surface area contributed by atoms with Gasteiger partial charge in [-0.2, -0.15) is 0 Å². The number of anilines is 2. The summed E-state index contributed by atoms with van der Waals surface area (Å²) in [5, 5.41) is 7.59. The molecule has 4 nitrogen and oxygen atoms in total. The number of aryl methyl sites for hydroxylation is 3. The average molecular weight is 515 g/mol. The van der Waals surface area contributed by atoms with Crippen LogP contribution in [-0.4, -0.2) is 36.1 Å². The van der Waals surface area contributed by atoms with E-state index in [1.807, 2.05) is 12.3 Å². The third kappa shape index (κ3) is 8.07. The normalized spacial score (nSPS) is 11.7. The van der Waals surface area contributed by atoms with E-state index in [1.165, 1.54) is 44.8 Å². The summed E-state index contributed by atoms with van der Waals surface area (Å²) in [5.41, 5.74) is 12.0. The minimum atomic E-state index is 0.475. The highest BCUT2D eigenvalue weighted by Gasteiger charge is 2.17. The topological polar surface area (TPSA) is 40.2 Å². The summed E-state index contributed by atoms with van der Waals surface area (Å²) in [5.74, 6) is 1.48. The zero-order chi connectivity index (χ0) is 27.8. The molecule has 0 saturated carbocycles. The van der Waals surface area contributed by atoms with Crippen molar-refractivity contribution < 1.29 is 0 Å². The lowest BCUT2D eigenvalue weighted by atomic mass is 9.87. The van der Waals surface area contributed by atoms with Crippen molar-refractivity contribution in [1.29, 1.82) is 0 Å². The van der Waals surface area contributed by atoms with Crippen molar-refractivity contribution >= 4 is 11.4 Å². The molecule has 0 atom stereocenters. The molecule has 0 fully saturated rings. The molecule has 0 aliphatic carbocycles. The fraction of sp³-hybridized carbons (Fsp3) is 0.500. The zero-order valence-corrected chi connectivity index (χ0v) is 25.3. The third-order valence-corrected chi connectivity index (χ3v) is 7.38. The number of hydrogen-bond acceptors (Lipinski definition) is 4. The molecule has 2 N–H and O–H groups in total. The van der Waals surface area contributed by atoms with E-state index in [-0.39, 0.29) is 0 Å². The summed E-state index contributed by atoms with van der Waals surface area (Å²) in [6.07, 6.45) is 1.89. The van der Waals surface area contributed by atoms with Gasteiger partial charge in [0.2, 0.25) is 0 Å². The highest BCUT2D eigenvalue weighted by atomic mass is 15.2. The van der Waals surface area contributed by atoms with Crippen LogP contribution in [0.15, 0.2) is 48.7 Å². The first-order valence-electron chi connectivity index (χ1n) is 14.4. The van der Waals surface area contributed by atoms with Crippen molar-refractivity contribution in [3.8, 4) is 0 Å². The van der Waals surface area contributed by atoms with Crippen molar-refractivity contribution in [3.05, 3.63) is 87.7 Å². The van der Waals surface area contributed by atoms with Crippen LogP contribution < -0.4 is 10.6 Å². The van der Waals surface area contributed by atoms with Gasteiger partial charge >= 0.3 is 0 Å². The van der Waals surface area contributed by atoms with Crippen molar-refractivity contribution in [2.45, 2.75) is 86.6 Å². The fourth-order valence-corrected chi connectivity index (χ4v) is 5.29. The molecule has 4 heteroatoms. The van der Waals surface area contributed by atoms with Crippen LogP contribution in [0.25, 0.3) is 0 Å². The Morgan fingerprint density at radius 2 is 1.26 bits per heavy atom. The maximum Gasteiger partial charge on any atom is 0.0543 e. The molecule has 0 amide bonds. The van der Waals surface area contributed by atoms with Gasteiger partial charge in [-0.3, -0.25) is 9.88 Å². The van der Waals surface area contributed by atoms with E-state index in [9.17, 15) is 0 Å². The molecule has 3 rings (SSSR count). The van der Waals surface area contributed by atoms with Gasteiger partial charge in [-0.05, 0) is 78.5 Å². The Morgan fingerprint density at radius 3 is 1.74 bits per heavy atom. The molecule has 0 bridgehead atoms. The summed E-state index contributed by atoms with van der Waals surface area (Å²) in [4.78, 5) is 7.11. The maximum absolute atomic E-state index is 4.61. The molecule has 0 aliphatic heterocycles. The number of nitrogens with one attached hydrogen (secondary N) is 2. The molecule has 0 spiro atoms. The SMILES string of the molecule is Cc1cc(C)c(NCCN(CCNc2c(C(C)C)cc(C(C)C)cc2C(C)C)Cc2ccccn2)c(C)c1. The number of pyridine rings is 1. The van der Waals surface area contributed by atoms with Crippen molar-refractivity contribution in [2.75, 3.05) is 36.8 Å². The number of rotatable bonds is 13. The molecule has 1 aromatic heterocycles. The molecule has 0 saturated heterocycles. The molecule has 0 radical (unpaired) electrons. The van der Waals surface area contributed by atoms with Gasteiger partial charge in [0.25, 0.3) is 0 Å². The summed E-state index contributed by atoms with van der Waals surface area (Å²) in [6, 6.07) is 15.6. The first kappa shape index (κ1) is 29.7. The lowest BCUT2D eigenvalue weighted by Crippen LogP contribution is -2.33. The van der Waals surface area contributed by atoms with Crippen molar-refractivity contribution in [1.82, 2.24) is 9.88 Å². The van der Waals surface area contributed by atoms with Gasteiger partial charge < -0.3 is 10.6 Å². The van der Waals surface area contributed by atoms with E-state index in [4.69, 9.17) is 0 Å². The number of hydrogen-bond donors (Lipinski definition) is 2. The van der Waals surface area contributed by atoms with Gasteiger partial charge in [-0.15, -0.1) is 0 Å². The monoisotopic (exact) mass is 514 g/mol. The van der Waals surface area contributed by atoms with Crippen LogP contribution in [0.1, 0.15) is 98.4 Å². The summed E-state index contributed by atoms with van der Waals surface area (Å²) in [7, 11) is 0. The quantitative estimate of drug-likeness (QED) is 0.240. The molecular formula is C34H50N4. The van der Waals surface area contributed by atoms with Crippen LogP contribution in [0.3, 0.4) is 0 Å². The van der Waals surface area contributed by atoms with E-state index in [0.29, 0.717) is 17.8 Å². The largest absolute Gasteiger partial charge is 0.383 e. The van der Waals surface area contributed by atoms with E-state index in [2.05, 4.69) is 119 Å². The van der Waals surface area contributed by atoms with Gasteiger partial charge in [0, 0.05) is 50.3 Å². The highest BCUT2D eigenvalue weighted by Crippen LogP contribution is 2.35. The molecule has 0 aliphatic rings. The minimum absolute atomic E-state index is 0.475. The van der Waals surface area contributed by atoms with E-state index >= 15 is 0 Å². The second kappa shape index (κ2) is 13.8. The fourth-order valence-electron chi connectivity index (χ4n) is 5.29. The lowest BCUT2D eigenvalue weighted by molar-refractivity contribution is 0.283. The van der Waals surface area contributed by atoms with Crippen LogP contribution in [0.5, 0.6) is 0 Å². The van der Waals surface area contributed by atoms with Crippen LogP contribution in [0.4, 0.5) is 11.4 Å². The highest BCUT2D eigenvalue weighted by molar-refractivity contribution is 5.62.